The van der Waals surface area contributed by atoms with E-state index in [0.717, 1.165) is 12.1 Å². The van der Waals surface area contributed by atoms with Crippen molar-refractivity contribution in [1.29, 1.82) is 0 Å². The summed E-state index contributed by atoms with van der Waals surface area (Å²) < 4.78 is 66.4. The van der Waals surface area contributed by atoms with E-state index in [1.807, 2.05) is 0 Å². The van der Waals surface area contributed by atoms with Gasteiger partial charge in [-0.25, -0.2) is 13.1 Å². The quantitative estimate of drug-likeness (QED) is 0.774. The molecule has 0 fully saturated rings. The van der Waals surface area contributed by atoms with Crippen LogP contribution in [0, 0.1) is 0 Å². The third-order valence-corrected chi connectivity index (χ3v) is 5.74. The Labute approximate surface area is 145 Å². The predicted molar refractivity (Wildman–Crippen MR) is 86.4 cm³/mol. The van der Waals surface area contributed by atoms with Crippen molar-refractivity contribution in [3.63, 3.8) is 0 Å². The Bertz CT molecular complexity index is 624. The van der Waals surface area contributed by atoms with Crippen LogP contribution in [0.25, 0.3) is 0 Å². The fraction of sp³-hybridized carbons (Fsp3) is 0.538. The lowest BCUT2D eigenvalue weighted by Crippen LogP contribution is -2.53. The van der Waals surface area contributed by atoms with Crippen molar-refractivity contribution < 1.29 is 21.6 Å². The van der Waals surface area contributed by atoms with Gasteiger partial charge in [-0.1, -0.05) is 31.5 Å². The van der Waals surface area contributed by atoms with Gasteiger partial charge in [0.1, 0.15) is 4.90 Å². The van der Waals surface area contributed by atoms with Gasteiger partial charge in [-0.2, -0.15) is 13.2 Å². The fourth-order valence-corrected chi connectivity index (χ4v) is 4.39. The summed E-state index contributed by atoms with van der Waals surface area (Å²) in [5, 5.41) is -0.486. The minimum absolute atomic E-state index is 0. The Kier molecular flexibility index (Phi) is 7.84. The maximum absolute atomic E-state index is 13.1. The molecule has 0 amide bonds. The van der Waals surface area contributed by atoms with Crippen LogP contribution >= 0.6 is 24.0 Å². The van der Waals surface area contributed by atoms with Crippen molar-refractivity contribution in [2.75, 3.05) is 6.54 Å². The van der Waals surface area contributed by atoms with E-state index in [1.54, 1.807) is 13.8 Å². The highest BCUT2D eigenvalue weighted by Crippen LogP contribution is 2.38. The Morgan fingerprint density at radius 3 is 2.13 bits per heavy atom. The molecule has 4 nitrogen and oxygen atoms in total. The van der Waals surface area contributed by atoms with Crippen LogP contribution in [0.3, 0.4) is 0 Å². The normalized spacial score (nSPS) is 12.8. The zero-order valence-electron chi connectivity index (χ0n) is 12.6. The first-order valence-electron chi connectivity index (χ1n) is 6.62. The summed E-state index contributed by atoms with van der Waals surface area (Å²) in [6, 6.07) is 2.84. The molecule has 0 unspecified atom stereocenters. The molecule has 0 aliphatic rings. The Morgan fingerprint density at radius 2 is 1.74 bits per heavy atom. The highest BCUT2D eigenvalue weighted by molar-refractivity contribution is 7.89. The van der Waals surface area contributed by atoms with Crippen molar-refractivity contribution in [1.82, 2.24) is 4.72 Å². The molecule has 1 rings (SSSR count). The number of benzene rings is 1. The molecule has 0 saturated heterocycles. The van der Waals surface area contributed by atoms with Crippen LogP contribution in [0.2, 0.25) is 5.02 Å². The number of hydrogen-bond donors (Lipinski definition) is 2. The molecule has 0 spiro atoms. The summed E-state index contributed by atoms with van der Waals surface area (Å²) in [6.45, 7) is 3.37. The van der Waals surface area contributed by atoms with Gasteiger partial charge in [-0.3, -0.25) is 0 Å². The number of nitrogens with two attached hydrogens (primary N) is 1. The van der Waals surface area contributed by atoms with E-state index >= 15 is 0 Å². The average Bonchev–Trinajstić information content (AvgIpc) is 2.43. The van der Waals surface area contributed by atoms with Gasteiger partial charge in [0.15, 0.2) is 0 Å². The monoisotopic (exact) mass is 394 g/mol. The maximum atomic E-state index is 13.1. The van der Waals surface area contributed by atoms with E-state index < -0.39 is 37.2 Å². The molecule has 0 aliphatic heterocycles. The number of hydrogen-bond acceptors (Lipinski definition) is 3. The summed E-state index contributed by atoms with van der Waals surface area (Å²) >= 11 is 5.73. The van der Waals surface area contributed by atoms with E-state index in [1.165, 1.54) is 0 Å². The van der Waals surface area contributed by atoms with Gasteiger partial charge in [-0.15, -0.1) is 12.4 Å². The molecule has 10 heteroatoms. The number of alkyl halides is 3. The lowest BCUT2D eigenvalue weighted by molar-refractivity contribution is -0.139. The molecular weight excluding hydrogens is 376 g/mol. The van der Waals surface area contributed by atoms with E-state index in [-0.39, 0.29) is 19.0 Å². The smallest absolute Gasteiger partial charge is 0.329 e. The third kappa shape index (κ3) is 4.96. The third-order valence-electron chi connectivity index (χ3n) is 3.64. The van der Waals surface area contributed by atoms with Gasteiger partial charge in [0, 0.05) is 12.1 Å². The second kappa shape index (κ2) is 8.02. The van der Waals surface area contributed by atoms with Crippen LogP contribution in [-0.2, 0) is 16.2 Å². The van der Waals surface area contributed by atoms with Gasteiger partial charge in [-0.05, 0) is 25.0 Å². The van der Waals surface area contributed by atoms with Crippen LogP contribution in [-0.4, -0.2) is 20.5 Å². The van der Waals surface area contributed by atoms with Gasteiger partial charge >= 0.3 is 6.18 Å². The second-order valence-corrected chi connectivity index (χ2v) is 6.94. The van der Waals surface area contributed by atoms with Crippen molar-refractivity contribution >= 4 is 34.0 Å². The first-order valence-corrected chi connectivity index (χ1v) is 8.49. The van der Waals surface area contributed by atoms with Gasteiger partial charge in [0.25, 0.3) is 0 Å². The fourth-order valence-electron chi connectivity index (χ4n) is 2.07. The number of halogens is 5. The van der Waals surface area contributed by atoms with E-state index in [2.05, 4.69) is 4.72 Å². The molecule has 0 saturated carbocycles. The van der Waals surface area contributed by atoms with Crippen molar-refractivity contribution in [2.24, 2.45) is 5.73 Å². The standard InChI is InChI=1S/C13H18ClF3N2O2S.ClH/c1-3-12(4-2,8-18)19-22(20,21)11-9(13(15,16)17)6-5-7-10(11)14;/h5-7,19H,3-4,8,18H2,1-2H3;1H. The van der Waals surface area contributed by atoms with Crippen LogP contribution in [0.4, 0.5) is 13.2 Å². The molecular formula is C13H19Cl2F3N2O2S. The largest absolute Gasteiger partial charge is 0.417 e. The second-order valence-electron chi connectivity index (χ2n) is 4.91. The minimum atomic E-state index is -4.83. The first-order chi connectivity index (χ1) is 10.0. The highest BCUT2D eigenvalue weighted by atomic mass is 35.5. The van der Waals surface area contributed by atoms with Crippen LogP contribution in [0.1, 0.15) is 32.3 Å². The Hall–Kier alpha value is -0.540. The van der Waals surface area contributed by atoms with E-state index in [4.69, 9.17) is 17.3 Å². The number of sulfonamides is 1. The van der Waals surface area contributed by atoms with Crippen molar-refractivity contribution in [3.8, 4) is 0 Å². The lowest BCUT2D eigenvalue weighted by Gasteiger charge is -2.31. The molecule has 0 atom stereocenters. The maximum Gasteiger partial charge on any atom is 0.417 e. The average molecular weight is 395 g/mol. The summed E-state index contributed by atoms with van der Waals surface area (Å²) in [5.41, 5.74) is 3.28. The first kappa shape index (κ1) is 22.5. The van der Waals surface area contributed by atoms with Crippen molar-refractivity contribution in [2.45, 2.75) is 43.3 Å². The summed E-state index contributed by atoms with van der Waals surface area (Å²) in [6.07, 6.45) is -4.16. The molecule has 0 bridgehead atoms. The number of nitrogens with one attached hydrogen (secondary N) is 1. The van der Waals surface area contributed by atoms with E-state index in [9.17, 15) is 21.6 Å². The lowest BCUT2D eigenvalue weighted by atomic mass is 9.95. The Morgan fingerprint density at radius 1 is 1.22 bits per heavy atom. The van der Waals surface area contributed by atoms with Gasteiger partial charge < -0.3 is 5.73 Å². The highest BCUT2D eigenvalue weighted by Gasteiger charge is 2.40. The molecule has 0 aromatic heterocycles. The molecule has 1 aromatic rings. The molecule has 0 heterocycles. The topological polar surface area (TPSA) is 72.2 Å². The van der Waals surface area contributed by atoms with Gasteiger partial charge in [0.2, 0.25) is 10.0 Å². The Balaban J connectivity index is 0.00000484. The van der Waals surface area contributed by atoms with Crippen LogP contribution in [0.5, 0.6) is 0 Å². The molecule has 0 radical (unpaired) electrons. The summed E-state index contributed by atoms with van der Waals surface area (Å²) in [4.78, 5) is -0.969. The zero-order valence-corrected chi connectivity index (χ0v) is 15.0. The molecule has 0 aliphatic carbocycles. The van der Waals surface area contributed by atoms with Crippen molar-refractivity contribution in [3.05, 3.63) is 28.8 Å². The number of rotatable bonds is 6. The SMILES string of the molecule is CCC(CC)(CN)NS(=O)(=O)c1c(Cl)cccc1C(F)(F)F.Cl. The molecule has 1 aromatic carbocycles. The predicted octanol–water partition coefficient (Wildman–Crippen LogP) is 3.58. The van der Waals surface area contributed by atoms with E-state index in [0.29, 0.717) is 18.9 Å². The molecule has 3 N–H and O–H groups in total. The summed E-state index contributed by atoms with van der Waals surface area (Å²) in [5.74, 6) is 0. The summed E-state index contributed by atoms with van der Waals surface area (Å²) in [7, 11) is -4.48. The van der Waals surface area contributed by atoms with Crippen LogP contribution < -0.4 is 10.5 Å². The minimum Gasteiger partial charge on any atom is -0.329 e. The molecule has 23 heavy (non-hydrogen) atoms. The molecule has 134 valence electrons. The zero-order chi connectivity index (χ0) is 17.2. The van der Waals surface area contributed by atoms with Gasteiger partial charge in [0.05, 0.1) is 10.6 Å². The van der Waals surface area contributed by atoms with Crippen LogP contribution in [0.15, 0.2) is 23.1 Å².